The Balaban J connectivity index is 2.32. The van der Waals surface area contributed by atoms with Crippen molar-refractivity contribution in [2.45, 2.75) is 13.5 Å². The van der Waals surface area contributed by atoms with Crippen molar-refractivity contribution in [3.8, 4) is 0 Å². The molecule has 0 aliphatic heterocycles. The van der Waals surface area contributed by atoms with E-state index >= 15 is 0 Å². The van der Waals surface area contributed by atoms with Gasteiger partial charge in [-0.2, -0.15) is 0 Å². The molecule has 1 aromatic carbocycles. The molecule has 0 unspecified atom stereocenters. The number of nitrogens with zero attached hydrogens (tertiary/aromatic N) is 2. The first-order valence-electron chi connectivity index (χ1n) is 5.72. The van der Waals surface area contributed by atoms with Crippen molar-refractivity contribution < 1.29 is 9.90 Å². The highest BCUT2D eigenvalue weighted by Gasteiger charge is 2.15. The monoisotopic (exact) mass is 277 g/mol. The van der Waals surface area contributed by atoms with Crippen LogP contribution in [0.1, 0.15) is 20.9 Å². The third kappa shape index (κ3) is 2.85. The quantitative estimate of drug-likeness (QED) is 0.839. The number of anilines is 2. The van der Waals surface area contributed by atoms with Gasteiger partial charge in [-0.05, 0) is 25.1 Å². The van der Waals surface area contributed by atoms with Gasteiger partial charge in [0.15, 0.2) is 0 Å². The van der Waals surface area contributed by atoms with Gasteiger partial charge in [-0.1, -0.05) is 0 Å². The molecule has 0 bridgehead atoms. The zero-order valence-corrected chi connectivity index (χ0v) is 11.6. The summed E-state index contributed by atoms with van der Waals surface area (Å²) < 4.78 is 0. The van der Waals surface area contributed by atoms with Crippen LogP contribution < -0.4 is 10.6 Å². The summed E-state index contributed by atoms with van der Waals surface area (Å²) in [7, 11) is 1.85. The standard InChI is InChI=1S/C13H15N3O2S/c1-8-12(19-7-15-8)6-16(2)11-5-9(14)3-4-10(11)13(17)18/h3-5,7H,6,14H2,1-2H3,(H,17,18). The third-order valence-electron chi connectivity index (χ3n) is 2.89. The Hall–Kier alpha value is -2.08. The molecule has 3 N–H and O–H groups in total. The zero-order chi connectivity index (χ0) is 14.0. The van der Waals surface area contributed by atoms with Crippen LogP contribution in [0, 0.1) is 6.92 Å². The van der Waals surface area contributed by atoms with Crippen LogP contribution in [-0.2, 0) is 6.54 Å². The largest absolute Gasteiger partial charge is 0.478 e. The van der Waals surface area contributed by atoms with Gasteiger partial charge in [0.05, 0.1) is 29.0 Å². The maximum atomic E-state index is 11.2. The summed E-state index contributed by atoms with van der Waals surface area (Å²) in [6.45, 7) is 2.55. The number of aryl methyl sites for hydroxylation is 1. The van der Waals surface area contributed by atoms with Crippen LogP contribution in [0.15, 0.2) is 23.7 Å². The molecule has 100 valence electrons. The van der Waals surface area contributed by atoms with E-state index in [0.29, 0.717) is 17.9 Å². The molecule has 0 saturated carbocycles. The van der Waals surface area contributed by atoms with Crippen molar-refractivity contribution in [3.05, 3.63) is 39.8 Å². The summed E-state index contributed by atoms with van der Waals surface area (Å²) >= 11 is 1.56. The predicted molar refractivity (Wildman–Crippen MR) is 76.8 cm³/mol. The zero-order valence-electron chi connectivity index (χ0n) is 10.8. The van der Waals surface area contributed by atoms with Crippen LogP contribution in [0.25, 0.3) is 0 Å². The Morgan fingerprint density at radius 3 is 2.84 bits per heavy atom. The van der Waals surface area contributed by atoms with E-state index in [1.165, 1.54) is 6.07 Å². The molecule has 1 heterocycles. The number of aromatic nitrogens is 1. The average molecular weight is 277 g/mol. The van der Waals surface area contributed by atoms with Gasteiger partial charge >= 0.3 is 5.97 Å². The fraction of sp³-hybridized carbons (Fsp3) is 0.231. The molecule has 19 heavy (non-hydrogen) atoms. The lowest BCUT2D eigenvalue weighted by Crippen LogP contribution is -2.19. The molecular weight excluding hydrogens is 262 g/mol. The molecule has 2 aromatic rings. The van der Waals surface area contributed by atoms with Crippen molar-refractivity contribution in [2.75, 3.05) is 17.7 Å². The summed E-state index contributed by atoms with van der Waals surface area (Å²) in [6, 6.07) is 4.81. The van der Waals surface area contributed by atoms with Gasteiger partial charge in [-0.3, -0.25) is 0 Å². The fourth-order valence-corrected chi connectivity index (χ4v) is 2.65. The molecule has 5 nitrogen and oxygen atoms in total. The number of hydrogen-bond donors (Lipinski definition) is 2. The lowest BCUT2D eigenvalue weighted by Gasteiger charge is -2.21. The highest BCUT2D eigenvalue weighted by Crippen LogP contribution is 2.25. The molecule has 0 aliphatic rings. The summed E-state index contributed by atoms with van der Waals surface area (Å²) in [6.07, 6.45) is 0. The first-order chi connectivity index (χ1) is 8.99. The van der Waals surface area contributed by atoms with Gasteiger partial charge in [0.25, 0.3) is 0 Å². The molecule has 1 aromatic heterocycles. The third-order valence-corrected chi connectivity index (χ3v) is 3.81. The molecule has 2 rings (SSSR count). The number of benzene rings is 1. The second-order valence-electron chi connectivity index (χ2n) is 4.30. The van der Waals surface area contributed by atoms with Crippen LogP contribution in [0.4, 0.5) is 11.4 Å². The maximum absolute atomic E-state index is 11.2. The predicted octanol–water partition coefficient (Wildman–Crippen LogP) is 2.37. The highest BCUT2D eigenvalue weighted by atomic mass is 32.1. The Labute approximate surface area is 115 Å². The lowest BCUT2D eigenvalue weighted by atomic mass is 10.1. The Morgan fingerprint density at radius 2 is 2.26 bits per heavy atom. The Kier molecular flexibility index (Phi) is 3.71. The molecule has 0 atom stereocenters. The molecule has 0 fully saturated rings. The van der Waals surface area contributed by atoms with E-state index in [4.69, 9.17) is 5.73 Å². The normalized spacial score (nSPS) is 10.4. The number of nitrogens with two attached hydrogens (primary N) is 1. The van der Waals surface area contributed by atoms with Crippen LogP contribution in [-0.4, -0.2) is 23.1 Å². The number of carboxylic acids is 1. The second kappa shape index (κ2) is 5.27. The number of carboxylic acid groups (broad SMARTS) is 1. The fourth-order valence-electron chi connectivity index (χ4n) is 1.82. The highest BCUT2D eigenvalue weighted by molar-refractivity contribution is 7.09. The Morgan fingerprint density at radius 1 is 1.53 bits per heavy atom. The van der Waals surface area contributed by atoms with E-state index in [1.807, 2.05) is 18.9 Å². The van der Waals surface area contributed by atoms with E-state index in [-0.39, 0.29) is 5.56 Å². The number of rotatable bonds is 4. The molecule has 0 radical (unpaired) electrons. The minimum absolute atomic E-state index is 0.249. The van der Waals surface area contributed by atoms with Crippen LogP contribution in [0.5, 0.6) is 0 Å². The summed E-state index contributed by atoms with van der Waals surface area (Å²) in [5, 5.41) is 9.21. The van der Waals surface area contributed by atoms with Gasteiger partial charge < -0.3 is 15.7 Å². The molecule has 0 aliphatic carbocycles. The van der Waals surface area contributed by atoms with E-state index in [9.17, 15) is 9.90 Å². The van der Waals surface area contributed by atoms with Gasteiger partial charge in [0.1, 0.15) is 0 Å². The summed E-state index contributed by atoms with van der Waals surface area (Å²) in [4.78, 5) is 18.4. The van der Waals surface area contributed by atoms with Gasteiger partial charge in [0, 0.05) is 17.6 Å². The molecule has 0 saturated heterocycles. The van der Waals surface area contributed by atoms with E-state index in [1.54, 1.807) is 29.0 Å². The second-order valence-corrected chi connectivity index (χ2v) is 5.24. The topological polar surface area (TPSA) is 79.5 Å². The van der Waals surface area contributed by atoms with Crippen molar-refractivity contribution in [2.24, 2.45) is 0 Å². The van der Waals surface area contributed by atoms with E-state index in [2.05, 4.69) is 4.98 Å². The number of aromatic carboxylic acids is 1. The Bertz CT molecular complexity index is 610. The SMILES string of the molecule is Cc1ncsc1CN(C)c1cc(N)ccc1C(=O)O. The maximum Gasteiger partial charge on any atom is 0.337 e. The van der Waals surface area contributed by atoms with E-state index in [0.717, 1.165) is 10.6 Å². The lowest BCUT2D eigenvalue weighted by molar-refractivity contribution is 0.0697. The first-order valence-corrected chi connectivity index (χ1v) is 6.60. The van der Waals surface area contributed by atoms with Gasteiger partial charge in [0.2, 0.25) is 0 Å². The molecule has 0 spiro atoms. The van der Waals surface area contributed by atoms with Crippen molar-refractivity contribution in [1.29, 1.82) is 0 Å². The van der Waals surface area contributed by atoms with Crippen LogP contribution >= 0.6 is 11.3 Å². The average Bonchev–Trinajstić information content (AvgIpc) is 2.74. The van der Waals surface area contributed by atoms with Gasteiger partial charge in [-0.25, -0.2) is 9.78 Å². The number of nitrogen functional groups attached to an aromatic ring is 1. The smallest absolute Gasteiger partial charge is 0.337 e. The van der Waals surface area contributed by atoms with Gasteiger partial charge in [-0.15, -0.1) is 11.3 Å². The first kappa shape index (κ1) is 13.4. The van der Waals surface area contributed by atoms with Crippen LogP contribution in [0.2, 0.25) is 0 Å². The minimum atomic E-state index is -0.956. The van der Waals surface area contributed by atoms with Crippen LogP contribution in [0.3, 0.4) is 0 Å². The molecular formula is C13H15N3O2S. The van der Waals surface area contributed by atoms with Crippen molar-refractivity contribution in [3.63, 3.8) is 0 Å². The number of thiazole rings is 1. The number of hydrogen-bond acceptors (Lipinski definition) is 5. The summed E-state index contributed by atoms with van der Waals surface area (Å²) in [5.41, 5.74) is 9.91. The van der Waals surface area contributed by atoms with Crippen molar-refractivity contribution >= 4 is 28.7 Å². The van der Waals surface area contributed by atoms with E-state index < -0.39 is 5.97 Å². The minimum Gasteiger partial charge on any atom is -0.478 e. The number of carbonyl (C=O) groups is 1. The van der Waals surface area contributed by atoms with Crippen molar-refractivity contribution in [1.82, 2.24) is 4.98 Å². The summed E-state index contributed by atoms with van der Waals surface area (Å²) in [5.74, 6) is -0.956. The molecule has 6 heteroatoms. The molecule has 0 amide bonds.